The van der Waals surface area contributed by atoms with E-state index >= 15 is 0 Å². The SMILES string of the molecule is CN=CS(=O)(=O)[O-]. The van der Waals surface area contributed by atoms with Crippen molar-refractivity contribution in [2.75, 3.05) is 7.05 Å². The van der Waals surface area contributed by atoms with Gasteiger partial charge in [0.25, 0.3) is 0 Å². The topological polar surface area (TPSA) is 69.6 Å². The van der Waals surface area contributed by atoms with E-state index in [0.29, 0.717) is 5.55 Å². The van der Waals surface area contributed by atoms with Crippen LogP contribution in [0.3, 0.4) is 0 Å². The first kappa shape index (κ1) is 6.58. The Labute approximate surface area is 41.6 Å². The van der Waals surface area contributed by atoms with Gasteiger partial charge in [0.2, 0.25) is 0 Å². The molecule has 0 heterocycles. The van der Waals surface area contributed by atoms with Gasteiger partial charge in [-0.15, -0.1) is 0 Å². The van der Waals surface area contributed by atoms with Crippen molar-refractivity contribution in [2.24, 2.45) is 4.99 Å². The molecule has 0 spiro atoms. The van der Waals surface area contributed by atoms with Crippen LogP contribution in [0.4, 0.5) is 0 Å². The summed E-state index contributed by atoms with van der Waals surface area (Å²) in [6.45, 7) is 0. The third-order valence-corrected chi connectivity index (χ3v) is 0.704. The van der Waals surface area contributed by atoms with Crippen molar-refractivity contribution in [2.45, 2.75) is 0 Å². The van der Waals surface area contributed by atoms with Crippen molar-refractivity contribution in [1.29, 1.82) is 0 Å². The molecular formula is C2H4NO3S-. The van der Waals surface area contributed by atoms with E-state index in [-0.39, 0.29) is 0 Å². The zero-order valence-electron chi connectivity index (χ0n) is 3.66. The van der Waals surface area contributed by atoms with Crippen molar-refractivity contribution in [1.82, 2.24) is 0 Å². The molecule has 42 valence electrons. The summed E-state index contributed by atoms with van der Waals surface area (Å²) in [6, 6.07) is 0. The molecule has 5 heteroatoms. The molecule has 0 saturated heterocycles. The Morgan fingerprint density at radius 3 is 2.14 bits per heavy atom. The zero-order chi connectivity index (χ0) is 5.91. The third kappa shape index (κ3) is 5.58. The van der Waals surface area contributed by atoms with Gasteiger partial charge in [-0.1, -0.05) is 0 Å². The summed E-state index contributed by atoms with van der Waals surface area (Å²) in [5.74, 6) is 0. The summed E-state index contributed by atoms with van der Waals surface area (Å²) < 4.78 is 28.6. The Hall–Kier alpha value is -0.420. The predicted octanol–water partition coefficient (Wildman–Crippen LogP) is -0.810. The maximum absolute atomic E-state index is 9.53. The van der Waals surface area contributed by atoms with Crippen molar-refractivity contribution in [3.8, 4) is 0 Å². The van der Waals surface area contributed by atoms with Gasteiger partial charge >= 0.3 is 0 Å². The van der Waals surface area contributed by atoms with Crippen LogP contribution >= 0.6 is 0 Å². The van der Waals surface area contributed by atoms with Gasteiger partial charge in [-0.05, 0) is 0 Å². The average Bonchev–Trinajstić information content (AvgIpc) is 1.30. The molecule has 0 aromatic heterocycles. The molecule has 0 aliphatic carbocycles. The molecule has 0 rings (SSSR count). The molecule has 0 N–H and O–H groups in total. The first-order valence-corrected chi connectivity index (χ1v) is 2.91. The van der Waals surface area contributed by atoms with Gasteiger partial charge in [0.15, 0.2) is 0 Å². The predicted molar refractivity (Wildman–Crippen MR) is 24.1 cm³/mol. The molecule has 0 aromatic rings. The molecule has 0 aromatic carbocycles. The summed E-state index contributed by atoms with van der Waals surface area (Å²) in [6.07, 6.45) is 0. The summed E-state index contributed by atoms with van der Waals surface area (Å²) in [4.78, 5) is 2.98. The zero-order valence-corrected chi connectivity index (χ0v) is 4.47. The second-order valence-corrected chi connectivity index (χ2v) is 2.05. The van der Waals surface area contributed by atoms with Crippen LogP contribution in [0.1, 0.15) is 0 Å². The van der Waals surface area contributed by atoms with Crippen LogP contribution in [0.2, 0.25) is 0 Å². The van der Waals surface area contributed by atoms with E-state index in [1.54, 1.807) is 0 Å². The second-order valence-electron chi connectivity index (χ2n) is 0.856. The fourth-order valence-corrected chi connectivity index (χ4v) is 0.387. The van der Waals surface area contributed by atoms with Crippen molar-refractivity contribution >= 4 is 15.7 Å². The van der Waals surface area contributed by atoms with Gasteiger partial charge in [0, 0.05) is 7.05 Å². The Balaban J connectivity index is 4.13. The van der Waals surface area contributed by atoms with E-state index < -0.39 is 10.1 Å². The molecule has 0 aliphatic heterocycles. The first-order valence-electron chi connectivity index (χ1n) is 1.44. The lowest BCUT2D eigenvalue weighted by molar-refractivity contribution is 0.479. The molecule has 4 nitrogen and oxygen atoms in total. The normalized spacial score (nSPS) is 12.9. The van der Waals surface area contributed by atoms with Gasteiger partial charge in [0.05, 0.1) is 0 Å². The third-order valence-electron chi connectivity index (χ3n) is 0.235. The average molecular weight is 122 g/mol. The standard InChI is InChI=1S/C2H5NO3S/c1-3-2-7(4,5)6/h2H,1H3,(H,4,5,6)/p-1. The molecule has 0 saturated carbocycles. The molecular weight excluding hydrogens is 118 g/mol. The smallest absolute Gasteiger partial charge is 0.134 e. The van der Waals surface area contributed by atoms with Crippen LogP contribution in [-0.2, 0) is 10.1 Å². The highest BCUT2D eigenvalue weighted by Crippen LogP contribution is 1.68. The lowest BCUT2D eigenvalue weighted by Crippen LogP contribution is -1.96. The van der Waals surface area contributed by atoms with Gasteiger partial charge in [-0.25, -0.2) is 8.42 Å². The fourth-order valence-electron chi connectivity index (χ4n) is 0.129. The van der Waals surface area contributed by atoms with Gasteiger partial charge in [0.1, 0.15) is 15.7 Å². The minimum absolute atomic E-state index is 0.354. The van der Waals surface area contributed by atoms with E-state index in [1.807, 2.05) is 0 Å². The molecule has 0 amide bonds. The largest absolute Gasteiger partial charge is 0.743 e. The summed E-state index contributed by atoms with van der Waals surface area (Å²) in [5.41, 5.74) is 0.354. The van der Waals surface area contributed by atoms with Crippen LogP contribution in [0.5, 0.6) is 0 Å². The molecule has 0 atom stereocenters. The Morgan fingerprint density at radius 1 is 1.71 bits per heavy atom. The first-order chi connectivity index (χ1) is 3.06. The summed E-state index contributed by atoms with van der Waals surface area (Å²) >= 11 is 0. The van der Waals surface area contributed by atoms with Crippen LogP contribution in [0.25, 0.3) is 0 Å². The van der Waals surface area contributed by atoms with E-state index in [4.69, 9.17) is 0 Å². The number of aliphatic imine (C=N–C) groups is 1. The molecule has 0 fully saturated rings. The number of hydrogen-bond donors (Lipinski definition) is 0. The lowest BCUT2D eigenvalue weighted by atomic mass is 11.4. The minimum atomic E-state index is -4.22. The van der Waals surface area contributed by atoms with Gasteiger partial charge in [-0.3, -0.25) is 4.99 Å². The van der Waals surface area contributed by atoms with E-state index in [1.165, 1.54) is 7.05 Å². The highest BCUT2D eigenvalue weighted by atomic mass is 32.2. The number of nitrogens with zero attached hydrogens (tertiary/aromatic N) is 1. The highest BCUT2D eigenvalue weighted by Gasteiger charge is 1.78. The summed E-state index contributed by atoms with van der Waals surface area (Å²) in [7, 11) is -3.00. The van der Waals surface area contributed by atoms with Crippen molar-refractivity contribution in [3.05, 3.63) is 0 Å². The molecule has 0 unspecified atom stereocenters. The van der Waals surface area contributed by atoms with Gasteiger partial charge < -0.3 is 4.55 Å². The van der Waals surface area contributed by atoms with Crippen molar-refractivity contribution in [3.63, 3.8) is 0 Å². The monoisotopic (exact) mass is 122 g/mol. The van der Waals surface area contributed by atoms with Crippen LogP contribution < -0.4 is 0 Å². The molecule has 0 radical (unpaired) electrons. The highest BCUT2D eigenvalue weighted by molar-refractivity contribution is 7.99. The summed E-state index contributed by atoms with van der Waals surface area (Å²) in [5, 5.41) is 0. The minimum Gasteiger partial charge on any atom is -0.743 e. The second kappa shape index (κ2) is 2.04. The molecule has 0 aliphatic rings. The lowest BCUT2D eigenvalue weighted by Gasteiger charge is -1.93. The van der Waals surface area contributed by atoms with Crippen LogP contribution in [0, 0.1) is 0 Å². The number of rotatable bonds is 1. The Morgan fingerprint density at radius 2 is 2.14 bits per heavy atom. The van der Waals surface area contributed by atoms with Crippen molar-refractivity contribution < 1.29 is 13.0 Å². The maximum Gasteiger partial charge on any atom is 0.134 e. The number of hydrogen-bond acceptors (Lipinski definition) is 4. The van der Waals surface area contributed by atoms with E-state index in [0.717, 1.165) is 0 Å². The Kier molecular flexibility index (Phi) is 1.91. The van der Waals surface area contributed by atoms with E-state index in [2.05, 4.69) is 4.99 Å². The molecule has 7 heavy (non-hydrogen) atoms. The maximum atomic E-state index is 9.53. The Bertz CT molecular complexity index is 156. The molecule has 0 bridgehead atoms. The van der Waals surface area contributed by atoms with Crippen LogP contribution in [-0.4, -0.2) is 25.6 Å². The quantitative estimate of drug-likeness (QED) is 0.259. The van der Waals surface area contributed by atoms with Crippen LogP contribution in [0.15, 0.2) is 4.99 Å². The van der Waals surface area contributed by atoms with E-state index in [9.17, 15) is 13.0 Å². The van der Waals surface area contributed by atoms with Gasteiger partial charge in [-0.2, -0.15) is 0 Å². The fraction of sp³-hybridized carbons (Fsp3) is 0.500.